The maximum Gasteiger partial charge on any atom is 0.209 e. The Hall–Kier alpha value is -1.07. The molecule has 0 amide bonds. The normalized spacial score (nSPS) is 16.4. The maximum atomic E-state index is 5.60. The first-order chi connectivity index (χ1) is 8.20. The first kappa shape index (κ1) is 12.4. The van der Waals surface area contributed by atoms with Gasteiger partial charge in [0.15, 0.2) is 0 Å². The summed E-state index contributed by atoms with van der Waals surface area (Å²) >= 11 is 1.77. The molecule has 3 N–H and O–H groups in total. The van der Waals surface area contributed by atoms with Gasteiger partial charge < -0.3 is 4.90 Å². The van der Waals surface area contributed by atoms with Crippen LogP contribution in [0.3, 0.4) is 0 Å². The minimum Gasteiger partial charge on any atom is -0.334 e. The number of hydrogen-bond acceptors (Lipinski definition) is 3. The number of hydrazine groups is 1. The molecule has 0 bridgehead atoms. The number of nitrogens with one attached hydrogen (secondary N) is 1. The van der Waals surface area contributed by atoms with Gasteiger partial charge in [0.05, 0.1) is 12.6 Å². The molecule has 0 atom stereocenters. The van der Waals surface area contributed by atoms with Gasteiger partial charge in [-0.05, 0) is 38.1 Å². The topological polar surface area (TPSA) is 53.6 Å². The third-order valence-corrected chi connectivity index (χ3v) is 3.64. The Kier molecular flexibility index (Phi) is 4.02. The third-order valence-electron chi connectivity index (χ3n) is 2.78. The van der Waals surface area contributed by atoms with Crippen molar-refractivity contribution in [3.63, 3.8) is 0 Å². The number of hydrogen-bond donors (Lipinski definition) is 2. The molecule has 2 rings (SSSR count). The molecule has 1 aliphatic rings. The van der Waals surface area contributed by atoms with Crippen LogP contribution in [-0.2, 0) is 6.54 Å². The minimum atomic E-state index is 0.380. The number of thiophene rings is 1. The zero-order chi connectivity index (χ0) is 12.3. The summed E-state index contributed by atoms with van der Waals surface area (Å²) < 4.78 is 0. The molecule has 4 nitrogen and oxygen atoms in total. The van der Waals surface area contributed by atoms with Crippen LogP contribution in [0.5, 0.6) is 0 Å². The first-order valence-electron chi connectivity index (χ1n) is 6.04. The van der Waals surface area contributed by atoms with Crippen molar-refractivity contribution in [2.45, 2.75) is 45.3 Å². The van der Waals surface area contributed by atoms with Crippen LogP contribution in [0.25, 0.3) is 0 Å². The number of guanidine groups is 1. The lowest BCUT2D eigenvalue weighted by molar-refractivity contribution is 0.332. The van der Waals surface area contributed by atoms with Crippen LogP contribution < -0.4 is 11.3 Å². The zero-order valence-electron chi connectivity index (χ0n) is 10.4. The van der Waals surface area contributed by atoms with Crippen LogP contribution in [0.2, 0.25) is 0 Å². The standard InChI is InChI=1S/C12H20N4S/c1-9(2)16(8-11-4-3-7-17-11)12(15-13)14-10-5-6-10/h3-4,7,9-10H,5-6,8,13H2,1-2H3,(H,14,15). The number of aliphatic imine (C=N–C) groups is 1. The van der Waals surface area contributed by atoms with Gasteiger partial charge in [-0.1, -0.05) is 6.07 Å². The van der Waals surface area contributed by atoms with Crippen molar-refractivity contribution in [1.29, 1.82) is 0 Å². The molecule has 0 unspecified atom stereocenters. The monoisotopic (exact) mass is 252 g/mol. The molecule has 17 heavy (non-hydrogen) atoms. The molecule has 1 aromatic rings. The Bertz CT molecular complexity index is 368. The number of nitrogens with zero attached hydrogens (tertiary/aromatic N) is 2. The van der Waals surface area contributed by atoms with Crippen molar-refractivity contribution < 1.29 is 0 Å². The van der Waals surface area contributed by atoms with Crippen LogP contribution in [-0.4, -0.2) is 22.9 Å². The Balaban J connectivity index is 2.09. The molecule has 5 heteroatoms. The zero-order valence-corrected chi connectivity index (χ0v) is 11.2. The molecule has 94 valence electrons. The summed E-state index contributed by atoms with van der Waals surface area (Å²) in [7, 11) is 0. The quantitative estimate of drug-likeness (QED) is 0.373. The van der Waals surface area contributed by atoms with Crippen molar-refractivity contribution >= 4 is 17.3 Å². The van der Waals surface area contributed by atoms with Gasteiger partial charge in [-0.15, -0.1) is 11.3 Å². The van der Waals surface area contributed by atoms with Gasteiger partial charge in [0.2, 0.25) is 5.96 Å². The van der Waals surface area contributed by atoms with E-state index in [9.17, 15) is 0 Å². The Morgan fingerprint density at radius 2 is 2.41 bits per heavy atom. The van der Waals surface area contributed by atoms with E-state index in [-0.39, 0.29) is 0 Å². The summed E-state index contributed by atoms with van der Waals surface area (Å²) in [5.41, 5.74) is 2.75. The van der Waals surface area contributed by atoms with Gasteiger partial charge in [-0.2, -0.15) is 0 Å². The second kappa shape index (κ2) is 5.51. The summed E-state index contributed by atoms with van der Waals surface area (Å²) in [5, 5.41) is 2.10. The molecule has 0 radical (unpaired) electrons. The van der Waals surface area contributed by atoms with E-state index >= 15 is 0 Å². The fraction of sp³-hybridized carbons (Fsp3) is 0.583. The molecule has 1 saturated carbocycles. The maximum absolute atomic E-state index is 5.60. The summed E-state index contributed by atoms with van der Waals surface area (Å²) in [6, 6.07) is 5.08. The average Bonchev–Trinajstić information content (AvgIpc) is 2.97. The van der Waals surface area contributed by atoms with Gasteiger partial charge >= 0.3 is 0 Å². The average molecular weight is 252 g/mol. The Morgan fingerprint density at radius 1 is 1.65 bits per heavy atom. The smallest absolute Gasteiger partial charge is 0.209 e. The first-order valence-corrected chi connectivity index (χ1v) is 6.92. The highest BCUT2D eigenvalue weighted by Crippen LogP contribution is 2.24. The van der Waals surface area contributed by atoms with Crippen molar-refractivity contribution in [3.8, 4) is 0 Å². The molecule has 0 aliphatic heterocycles. The molecular weight excluding hydrogens is 232 g/mol. The predicted molar refractivity (Wildman–Crippen MR) is 72.8 cm³/mol. The van der Waals surface area contributed by atoms with Crippen LogP contribution in [0.15, 0.2) is 22.5 Å². The summed E-state index contributed by atoms with van der Waals surface area (Å²) in [6.07, 6.45) is 2.38. The Labute approximate surface area is 107 Å². The van der Waals surface area contributed by atoms with Crippen LogP contribution in [0, 0.1) is 0 Å². The third kappa shape index (κ3) is 3.44. The fourth-order valence-electron chi connectivity index (χ4n) is 1.64. The van der Waals surface area contributed by atoms with E-state index in [0.717, 1.165) is 12.5 Å². The lowest BCUT2D eigenvalue weighted by Crippen LogP contribution is -2.47. The molecule has 1 aromatic heterocycles. The van der Waals surface area contributed by atoms with E-state index in [2.05, 4.69) is 46.7 Å². The molecule has 1 fully saturated rings. The molecular formula is C12H20N4S. The van der Waals surface area contributed by atoms with E-state index in [1.165, 1.54) is 17.7 Å². The van der Waals surface area contributed by atoms with Crippen molar-refractivity contribution in [3.05, 3.63) is 22.4 Å². The van der Waals surface area contributed by atoms with E-state index in [1.54, 1.807) is 11.3 Å². The Morgan fingerprint density at radius 3 is 2.88 bits per heavy atom. The predicted octanol–water partition coefficient (Wildman–Crippen LogP) is 1.94. The van der Waals surface area contributed by atoms with Crippen molar-refractivity contribution in [2.75, 3.05) is 0 Å². The number of nitrogens with two attached hydrogens (primary N) is 1. The molecule has 0 aromatic carbocycles. The minimum absolute atomic E-state index is 0.380. The molecule has 1 aliphatic carbocycles. The van der Waals surface area contributed by atoms with Gasteiger partial charge in [0.1, 0.15) is 0 Å². The molecule has 0 saturated heterocycles. The highest BCUT2D eigenvalue weighted by atomic mass is 32.1. The van der Waals surface area contributed by atoms with E-state index < -0.39 is 0 Å². The fourth-order valence-corrected chi connectivity index (χ4v) is 2.35. The van der Waals surface area contributed by atoms with Crippen LogP contribution in [0.1, 0.15) is 31.6 Å². The van der Waals surface area contributed by atoms with E-state index in [0.29, 0.717) is 12.1 Å². The number of rotatable bonds is 4. The van der Waals surface area contributed by atoms with Gasteiger partial charge in [0.25, 0.3) is 0 Å². The second-order valence-corrected chi connectivity index (χ2v) is 5.66. The molecule has 0 spiro atoms. The van der Waals surface area contributed by atoms with Gasteiger partial charge in [-0.3, -0.25) is 5.43 Å². The second-order valence-electron chi connectivity index (χ2n) is 4.63. The summed E-state index contributed by atoms with van der Waals surface area (Å²) in [5.74, 6) is 6.41. The van der Waals surface area contributed by atoms with Gasteiger partial charge in [0, 0.05) is 10.9 Å². The van der Waals surface area contributed by atoms with Crippen molar-refractivity contribution in [1.82, 2.24) is 10.3 Å². The highest BCUT2D eigenvalue weighted by molar-refractivity contribution is 7.09. The van der Waals surface area contributed by atoms with E-state index in [4.69, 9.17) is 5.84 Å². The SMILES string of the molecule is CC(C)N(Cc1cccs1)C(=NC1CC1)NN. The lowest BCUT2D eigenvalue weighted by Gasteiger charge is -2.29. The van der Waals surface area contributed by atoms with E-state index in [1.807, 2.05) is 0 Å². The van der Waals surface area contributed by atoms with Gasteiger partial charge in [-0.25, -0.2) is 10.8 Å². The largest absolute Gasteiger partial charge is 0.334 e. The van der Waals surface area contributed by atoms with Crippen LogP contribution in [0.4, 0.5) is 0 Å². The summed E-state index contributed by atoms with van der Waals surface area (Å²) in [6.45, 7) is 5.19. The van der Waals surface area contributed by atoms with Crippen LogP contribution >= 0.6 is 11.3 Å². The highest BCUT2D eigenvalue weighted by Gasteiger charge is 2.23. The lowest BCUT2D eigenvalue weighted by atomic mass is 10.3. The molecule has 1 heterocycles. The van der Waals surface area contributed by atoms with Crippen molar-refractivity contribution in [2.24, 2.45) is 10.8 Å². The summed E-state index contributed by atoms with van der Waals surface area (Å²) in [4.78, 5) is 8.16.